The van der Waals surface area contributed by atoms with Crippen LogP contribution in [0.15, 0.2) is 0 Å². The number of halogens is 2. The summed E-state index contributed by atoms with van der Waals surface area (Å²) in [6.45, 7) is 2.58. The average Bonchev–Trinajstić information content (AvgIpc) is 2.23. The second kappa shape index (κ2) is 3.74. The number of benzene rings is 1. The standard InChI is InChI=1S/C10H11Cl2NO2/c1-4-2-5-6(3-13-4)8(12)10(15)9(14)7(5)11/h4,13-15H,2-3H2,1H3. The van der Waals surface area contributed by atoms with Gasteiger partial charge in [-0.15, -0.1) is 0 Å². The van der Waals surface area contributed by atoms with Crippen LogP contribution < -0.4 is 5.32 Å². The fraction of sp³-hybridized carbons (Fsp3) is 0.400. The van der Waals surface area contributed by atoms with Crippen LogP contribution in [-0.4, -0.2) is 16.3 Å². The normalized spacial score (nSPS) is 20.1. The molecule has 0 bridgehead atoms. The second-order valence-corrected chi connectivity index (χ2v) is 4.52. The molecular weight excluding hydrogens is 237 g/mol. The van der Waals surface area contributed by atoms with Crippen molar-refractivity contribution in [2.24, 2.45) is 0 Å². The summed E-state index contributed by atoms with van der Waals surface area (Å²) >= 11 is 11.9. The Kier molecular flexibility index (Phi) is 2.71. The van der Waals surface area contributed by atoms with Crippen LogP contribution in [0.1, 0.15) is 18.1 Å². The van der Waals surface area contributed by atoms with Gasteiger partial charge in [0.15, 0.2) is 11.5 Å². The highest BCUT2D eigenvalue weighted by molar-refractivity contribution is 6.36. The first-order chi connectivity index (χ1) is 7.02. The van der Waals surface area contributed by atoms with Gasteiger partial charge in [0.05, 0.1) is 10.0 Å². The van der Waals surface area contributed by atoms with E-state index in [9.17, 15) is 10.2 Å². The summed E-state index contributed by atoms with van der Waals surface area (Å²) < 4.78 is 0. The fourth-order valence-corrected chi connectivity index (χ4v) is 2.36. The zero-order valence-electron chi connectivity index (χ0n) is 8.14. The molecule has 2 rings (SSSR count). The lowest BCUT2D eigenvalue weighted by Crippen LogP contribution is -2.33. The number of hydrogen-bond acceptors (Lipinski definition) is 3. The SMILES string of the molecule is CC1Cc2c(Cl)c(O)c(O)c(Cl)c2CN1. The zero-order valence-corrected chi connectivity index (χ0v) is 9.65. The Labute approximate surface area is 97.6 Å². The highest BCUT2D eigenvalue weighted by Crippen LogP contribution is 2.45. The number of fused-ring (bicyclic) bond motifs is 1. The lowest BCUT2D eigenvalue weighted by Gasteiger charge is -2.25. The fourth-order valence-electron chi connectivity index (χ4n) is 1.81. The van der Waals surface area contributed by atoms with Gasteiger partial charge in [-0.05, 0) is 24.5 Å². The second-order valence-electron chi connectivity index (χ2n) is 3.77. The van der Waals surface area contributed by atoms with E-state index in [0.29, 0.717) is 13.0 Å². The highest BCUT2D eigenvalue weighted by atomic mass is 35.5. The number of aromatic hydroxyl groups is 2. The number of phenolic OH excluding ortho intramolecular Hbond substituents is 2. The summed E-state index contributed by atoms with van der Waals surface area (Å²) in [6.07, 6.45) is 0.696. The van der Waals surface area contributed by atoms with Gasteiger partial charge in [-0.3, -0.25) is 0 Å². The van der Waals surface area contributed by atoms with E-state index in [0.717, 1.165) is 11.1 Å². The van der Waals surface area contributed by atoms with Crippen LogP contribution in [0, 0.1) is 0 Å². The summed E-state index contributed by atoms with van der Waals surface area (Å²) in [5, 5.41) is 22.7. The van der Waals surface area contributed by atoms with Crippen LogP contribution >= 0.6 is 23.2 Å². The third-order valence-corrected chi connectivity index (χ3v) is 3.49. The van der Waals surface area contributed by atoms with Gasteiger partial charge >= 0.3 is 0 Å². The van der Waals surface area contributed by atoms with Gasteiger partial charge < -0.3 is 15.5 Å². The first-order valence-corrected chi connectivity index (χ1v) is 5.42. The summed E-state index contributed by atoms with van der Waals surface area (Å²) in [7, 11) is 0. The minimum absolute atomic E-state index is 0.186. The predicted octanol–water partition coefficient (Wildman–Crippen LogP) is 2.44. The Morgan fingerprint density at radius 2 is 1.67 bits per heavy atom. The van der Waals surface area contributed by atoms with Crippen molar-refractivity contribution in [1.29, 1.82) is 0 Å². The van der Waals surface area contributed by atoms with Crippen LogP contribution in [0.3, 0.4) is 0 Å². The summed E-state index contributed by atoms with van der Waals surface area (Å²) in [5.74, 6) is -0.661. The Morgan fingerprint density at radius 3 is 2.27 bits per heavy atom. The minimum atomic E-state index is -0.336. The van der Waals surface area contributed by atoms with Gasteiger partial charge in [0, 0.05) is 12.6 Å². The maximum atomic E-state index is 9.54. The third kappa shape index (κ3) is 1.65. The molecule has 1 unspecified atom stereocenters. The minimum Gasteiger partial charge on any atom is -0.503 e. The van der Waals surface area contributed by atoms with Gasteiger partial charge in [-0.2, -0.15) is 0 Å². The number of phenols is 2. The Hall–Kier alpha value is -0.640. The van der Waals surface area contributed by atoms with Crippen molar-refractivity contribution < 1.29 is 10.2 Å². The Morgan fingerprint density at radius 1 is 1.13 bits per heavy atom. The van der Waals surface area contributed by atoms with E-state index in [1.807, 2.05) is 6.92 Å². The van der Waals surface area contributed by atoms with Gasteiger partial charge in [0.25, 0.3) is 0 Å². The van der Waals surface area contributed by atoms with E-state index >= 15 is 0 Å². The van der Waals surface area contributed by atoms with E-state index in [1.54, 1.807) is 0 Å². The molecule has 1 aromatic rings. The van der Waals surface area contributed by atoms with Crippen molar-refractivity contribution in [1.82, 2.24) is 5.32 Å². The van der Waals surface area contributed by atoms with Crippen molar-refractivity contribution in [3.05, 3.63) is 21.2 Å². The van der Waals surface area contributed by atoms with Crippen molar-refractivity contribution in [2.75, 3.05) is 0 Å². The smallest absolute Gasteiger partial charge is 0.178 e. The van der Waals surface area contributed by atoms with Crippen LogP contribution in [0.2, 0.25) is 10.0 Å². The van der Waals surface area contributed by atoms with E-state index in [4.69, 9.17) is 23.2 Å². The third-order valence-electron chi connectivity index (χ3n) is 2.67. The molecule has 3 N–H and O–H groups in total. The first-order valence-electron chi connectivity index (χ1n) is 4.66. The molecule has 82 valence electrons. The van der Waals surface area contributed by atoms with Crippen LogP contribution in [0.25, 0.3) is 0 Å². The Bertz CT molecular complexity index is 421. The lowest BCUT2D eigenvalue weighted by atomic mass is 9.95. The monoisotopic (exact) mass is 247 g/mol. The molecule has 3 nitrogen and oxygen atoms in total. The molecule has 0 amide bonds. The van der Waals surface area contributed by atoms with E-state index < -0.39 is 0 Å². The van der Waals surface area contributed by atoms with Crippen LogP contribution in [0.5, 0.6) is 11.5 Å². The maximum absolute atomic E-state index is 9.54. The topological polar surface area (TPSA) is 52.5 Å². The van der Waals surface area contributed by atoms with Crippen molar-refractivity contribution in [3.8, 4) is 11.5 Å². The summed E-state index contributed by atoms with van der Waals surface area (Å²) in [5.41, 5.74) is 1.60. The van der Waals surface area contributed by atoms with Crippen LogP contribution in [0.4, 0.5) is 0 Å². The van der Waals surface area contributed by atoms with Crippen molar-refractivity contribution in [2.45, 2.75) is 25.9 Å². The van der Waals surface area contributed by atoms with E-state index in [-0.39, 0.29) is 27.6 Å². The van der Waals surface area contributed by atoms with Gasteiger partial charge in [0.2, 0.25) is 0 Å². The van der Waals surface area contributed by atoms with Crippen molar-refractivity contribution in [3.63, 3.8) is 0 Å². The molecule has 5 heteroatoms. The molecule has 0 spiro atoms. The maximum Gasteiger partial charge on any atom is 0.178 e. The van der Waals surface area contributed by atoms with E-state index in [2.05, 4.69) is 5.32 Å². The van der Waals surface area contributed by atoms with Gasteiger partial charge in [-0.1, -0.05) is 23.2 Å². The molecule has 0 saturated heterocycles. The molecule has 1 heterocycles. The van der Waals surface area contributed by atoms with Crippen molar-refractivity contribution >= 4 is 23.2 Å². The molecule has 1 aliphatic heterocycles. The first kappa shape index (κ1) is 10.9. The molecule has 1 aliphatic rings. The molecule has 0 saturated carbocycles. The molecule has 0 aromatic heterocycles. The van der Waals surface area contributed by atoms with Crippen LogP contribution in [-0.2, 0) is 13.0 Å². The molecule has 0 fully saturated rings. The summed E-state index contributed by atoms with van der Waals surface area (Å²) in [6, 6.07) is 0.287. The number of nitrogens with one attached hydrogen (secondary N) is 1. The molecule has 1 aromatic carbocycles. The molecule has 15 heavy (non-hydrogen) atoms. The quantitative estimate of drug-likeness (QED) is 0.618. The molecular formula is C10H11Cl2NO2. The predicted molar refractivity (Wildman–Crippen MR) is 59.8 cm³/mol. The molecule has 0 radical (unpaired) electrons. The largest absolute Gasteiger partial charge is 0.503 e. The highest BCUT2D eigenvalue weighted by Gasteiger charge is 2.25. The Balaban J connectivity index is 2.65. The lowest BCUT2D eigenvalue weighted by molar-refractivity contribution is 0.400. The molecule has 0 aliphatic carbocycles. The molecule has 1 atom stereocenters. The average molecular weight is 248 g/mol. The van der Waals surface area contributed by atoms with Gasteiger partial charge in [0.1, 0.15) is 0 Å². The van der Waals surface area contributed by atoms with E-state index in [1.165, 1.54) is 0 Å². The summed E-state index contributed by atoms with van der Waals surface area (Å²) in [4.78, 5) is 0. The number of rotatable bonds is 0. The zero-order chi connectivity index (χ0) is 11.2. The number of hydrogen-bond donors (Lipinski definition) is 3. The van der Waals surface area contributed by atoms with Gasteiger partial charge in [-0.25, -0.2) is 0 Å².